The van der Waals surface area contributed by atoms with E-state index in [9.17, 15) is 9.90 Å². The van der Waals surface area contributed by atoms with Crippen LogP contribution in [0.5, 0.6) is 0 Å². The zero-order chi connectivity index (χ0) is 11.8. The maximum Gasteiger partial charge on any atom is 0.120 e. The quantitative estimate of drug-likeness (QED) is 0.748. The van der Waals surface area contributed by atoms with Crippen LogP contribution in [0, 0.1) is 23.2 Å². The number of carbonyl (C=O) groups is 1. The van der Waals surface area contributed by atoms with Crippen LogP contribution < -0.4 is 0 Å². The number of hydrogen-bond donors (Lipinski definition) is 1. The Labute approximate surface area is 98.4 Å². The lowest BCUT2D eigenvalue weighted by molar-refractivity contribution is -0.109. The number of hydrogen-bond acceptors (Lipinski definition) is 2. The first kappa shape index (κ1) is 12.1. The number of aliphatic hydroxyl groups excluding tert-OH is 1. The van der Waals surface area contributed by atoms with E-state index in [4.69, 9.17) is 0 Å². The van der Waals surface area contributed by atoms with Crippen molar-refractivity contribution in [3.05, 3.63) is 0 Å². The molecule has 0 aromatic rings. The van der Waals surface area contributed by atoms with Crippen LogP contribution in [0.4, 0.5) is 0 Å². The lowest BCUT2D eigenvalue weighted by Gasteiger charge is -2.45. The topological polar surface area (TPSA) is 37.3 Å². The molecule has 2 rings (SSSR count). The molecule has 0 amide bonds. The van der Waals surface area contributed by atoms with Crippen LogP contribution in [0.25, 0.3) is 0 Å². The van der Waals surface area contributed by atoms with Gasteiger partial charge in [0.1, 0.15) is 6.29 Å². The number of aldehydes is 1. The first-order valence-corrected chi connectivity index (χ1v) is 6.71. The summed E-state index contributed by atoms with van der Waals surface area (Å²) in [6.45, 7) is 4.55. The first-order valence-electron chi connectivity index (χ1n) is 6.71. The Hall–Kier alpha value is -0.370. The number of fused-ring (bicyclic) bond motifs is 1. The average molecular weight is 224 g/mol. The molecule has 16 heavy (non-hydrogen) atoms. The minimum atomic E-state index is -0.0906. The Bertz CT molecular complexity index is 263. The van der Waals surface area contributed by atoms with Crippen LogP contribution in [0.15, 0.2) is 0 Å². The molecule has 1 unspecified atom stereocenters. The Morgan fingerprint density at radius 2 is 2.19 bits per heavy atom. The summed E-state index contributed by atoms with van der Waals surface area (Å²) in [5.41, 5.74) is 0.292. The molecule has 2 fully saturated rings. The van der Waals surface area contributed by atoms with E-state index in [0.717, 1.165) is 25.5 Å². The summed E-state index contributed by atoms with van der Waals surface area (Å²) in [4.78, 5) is 10.7. The summed E-state index contributed by atoms with van der Waals surface area (Å²) < 4.78 is 0. The molecule has 1 N–H and O–H groups in total. The fourth-order valence-electron chi connectivity index (χ4n) is 4.44. The van der Waals surface area contributed by atoms with Gasteiger partial charge in [0.05, 0.1) is 6.10 Å². The van der Waals surface area contributed by atoms with Crippen molar-refractivity contribution in [2.75, 3.05) is 0 Å². The molecular formula is C14H24O2. The van der Waals surface area contributed by atoms with Crippen molar-refractivity contribution >= 4 is 6.29 Å². The van der Waals surface area contributed by atoms with Gasteiger partial charge in [-0.05, 0) is 48.9 Å². The fourth-order valence-corrected chi connectivity index (χ4v) is 4.44. The molecule has 92 valence electrons. The summed E-state index contributed by atoms with van der Waals surface area (Å²) in [5.74, 6) is 1.61. The van der Waals surface area contributed by atoms with Gasteiger partial charge in [-0.3, -0.25) is 0 Å². The molecule has 2 nitrogen and oxygen atoms in total. The van der Waals surface area contributed by atoms with E-state index in [-0.39, 0.29) is 6.10 Å². The summed E-state index contributed by atoms with van der Waals surface area (Å²) in [5, 5.41) is 10.1. The predicted molar refractivity (Wildman–Crippen MR) is 64.0 cm³/mol. The first-order chi connectivity index (χ1) is 7.59. The van der Waals surface area contributed by atoms with Crippen molar-refractivity contribution in [1.82, 2.24) is 0 Å². The normalized spacial score (nSPS) is 45.1. The van der Waals surface area contributed by atoms with Crippen molar-refractivity contribution in [3.8, 4) is 0 Å². The zero-order valence-corrected chi connectivity index (χ0v) is 10.5. The van der Waals surface area contributed by atoms with Gasteiger partial charge in [0.15, 0.2) is 0 Å². The Morgan fingerprint density at radius 3 is 2.88 bits per heavy atom. The molecule has 0 heterocycles. The molecule has 0 aromatic carbocycles. The summed E-state index contributed by atoms with van der Waals surface area (Å²) in [6, 6.07) is 0. The van der Waals surface area contributed by atoms with Gasteiger partial charge in [-0.2, -0.15) is 0 Å². The van der Waals surface area contributed by atoms with Gasteiger partial charge in [-0.25, -0.2) is 0 Å². The van der Waals surface area contributed by atoms with Crippen LogP contribution in [0.2, 0.25) is 0 Å². The second-order valence-electron chi connectivity index (χ2n) is 6.14. The smallest absolute Gasteiger partial charge is 0.120 e. The Kier molecular flexibility index (Phi) is 3.39. The van der Waals surface area contributed by atoms with Crippen molar-refractivity contribution in [1.29, 1.82) is 0 Å². The molecule has 0 aromatic heterocycles. The minimum Gasteiger partial charge on any atom is -0.393 e. The molecule has 2 aliphatic carbocycles. The SMILES string of the molecule is CC(CC=O)[C@H]1CC[C@H]2[C@@H](O)CCC[C@]12C. The molecule has 0 radical (unpaired) electrons. The van der Waals surface area contributed by atoms with Crippen LogP contribution in [-0.2, 0) is 4.79 Å². The average Bonchev–Trinajstić information content (AvgIpc) is 2.57. The standard InChI is InChI=1S/C14H24O2/c1-10(7-9-15)11-5-6-12-13(16)4-3-8-14(11,12)2/h9-13,16H,3-8H2,1-2H3/t10?,11-,12+,13+,14-/m1/s1. The second kappa shape index (κ2) is 4.48. The fraction of sp³-hybridized carbons (Fsp3) is 0.929. The third-order valence-electron chi connectivity index (χ3n) is 5.32. The van der Waals surface area contributed by atoms with Gasteiger partial charge >= 0.3 is 0 Å². The van der Waals surface area contributed by atoms with Gasteiger partial charge < -0.3 is 9.90 Å². The van der Waals surface area contributed by atoms with Crippen LogP contribution in [0.1, 0.15) is 52.4 Å². The summed E-state index contributed by atoms with van der Waals surface area (Å²) in [6.07, 6.45) is 7.38. The molecule has 0 saturated heterocycles. The molecule has 5 atom stereocenters. The third-order valence-corrected chi connectivity index (χ3v) is 5.32. The molecule has 2 heteroatoms. The highest BCUT2D eigenvalue weighted by Gasteiger charge is 2.51. The van der Waals surface area contributed by atoms with Gasteiger partial charge in [0.2, 0.25) is 0 Å². The van der Waals surface area contributed by atoms with E-state index in [0.29, 0.717) is 29.6 Å². The molecule has 0 aliphatic heterocycles. The monoisotopic (exact) mass is 224 g/mol. The summed E-state index contributed by atoms with van der Waals surface area (Å²) >= 11 is 0. The Morgan fingerprint density at radius 1 is 1.44 bits per heavy atom. The van der Waals surface area contributed by atoms with E-state index >= 15 is 0 Å². The molecular weight excluding hydrogens is 200 g/mol. The summed E-state index contributed by atoms with van der Waals surface area (Å²) in [7, 11) is 0. The lowest BCUT2D eigenvalue weighted by atomic mass is 9.61. The highest BCUT2D eigenvalue weighted by molar-refractivity contribution is 5.49. The van der Waals surface area contributed by atoms with Crippen LogP contribution >= 0.6 is 0 Å². The van der Waals surface area contributed by atoms with Crippen LogP contribution in [0.3, 0.4) is 0 Å². The largest absolute Gasteiger partial charge is 0.393 e. The van der Waals surface area contributed by atoms with Gasteiger partial charge in [-0.1, -0.05) is 20.3 Å². The van der Waals surface area contributed by atoms with Crippen molar-refractivity contribution < 1.29 is 9.90 Å². The number of rotatable bonds is 3. The minimum absolute atomic E-state index is 0.0906. The lowest BCUT2D eigenvalue weighted by Crippen LogP contribution is -2.41. The highest BCUT2D eigenvalue weighted by atomic mass is 16.3. The molecule has 0 bridgehead atoms. The molecule has 0 spiro atoms. The maximum absolute atomic E-state index is 10.7. The van der Waals surface area contributed by atoms with Crippen molar-refractivity contribution in [3.63, 3.8) is 0 Å². The van der Waals surface area contributed by atoms with Gasteiger partial charge in [0.25, 0.3) is 0 Å². The van der Waals surface area contributed by atoms with E-state index in [1.54, 1.807) is 0 Å². The van der Waals surface area contributed by atoms with E-state index in [1.165, 1.54) is 12.8 Å². The highest BCUT2D eigenvalue weighted by Crippen LogP contribution is 2.57. The van der Waals surface area contributed by atoms with E-state index < -0.39 is 0 Å². The predicted octanol–water partition coefficient (Wildman–Crippen LogP) is 2.79. The molecule has 2 aliphatic rings. The molecule has 2 saturated carbocycles. The van der Waals surface area contributed by atoms with Crippen molar-refractivity contribution in [2.24, 2.45) is 23.2 Å². The third kappa shape index (κ3) is 1.81. The van der Waals surface area contributed by atoms with Gasteiger partial charge in [-0.15, -0.1) is 0 Å². The van der Waals surface area contributed by atoms with Crippen LogP contribution in [-0.4, -0.2) is 17.5 Å². The number of aliphatic hydroxyl groups is 1. The number of carbonyl (C=O) groups excluding carboxylic acids is 1. The second-order valence-corrected chi connectivity index (χ2v) is 6.14. The van der Waals surface area contributed by atoms with Gasteiger partial charge in [0, 0.05) is 6.42 Å². The Balaban J connectivity index is 2.14. The van der Waals surface area contributed by atoms with Crippen molar-refractivity contribution in [2.45, 2.75) is 58.5 Å². The van der Waals surface area contributed by atoms with E-state index in [2.05, 4.69) is 13.8 Å². The zero-order valence-electron chi connectivity index (χ0n) is 10.5. The maximum atomic E-state index is 10.7. The van der Waals surface area contributed by atoms with E-state index in [1.807, 2.05) is 0 Å².